The lowest BCUT2D eigenvalue weighted by atomic mass is 10.0. The van der Waals surface area contributed by atoms with Gasteiger partial charge < -0.3 is 0 Å². The third kappa shape index (κ3) is 3.84. The van der Waals surface area contributed by atoms with Crippen LogP contribution in [0.2, 0.25) is 0 Å². The van der Waals surface area contributed by atoms with Crippen LogP contribution >= 0.6 is 0 Å². The van der Waals surface area contributed by atoms with Crippen LogP contribution in [0, 0.1) is 11.6 Å². The van der Waals surface area contributed by atoms with Gasteiger partial charge in [0.15, 0.2) is 5.69 Å². The summed E-state index contributed by atoms with van der Waals surface area (Å²) in [6.07, 6.45) is 11.3. The van der Waals surface area contributed by atoms with E-state index in [4.69, 9.17) is 5.10 Å². The average Bonchev–Trinajstić information content (AvgIpc) is 3.55. The Labute approximate surface area is 201 Å². The molecule has 2 aromatic heterocycles. The molecule has 4 heterocycles. The lowest BCUT2D eigenvalue weighted by molar-refractivity contribution is 0.128. The molecule has 0 saturated carbocycles. The van der Waals surface area contributed by atoms with Gasteiger partial charge in [-0.2, -0.15) is 5.10 Å². The lowest BCUT2D eigenvalue weighted by Crippen LogP contribution is -2.55. The van der Waals surface area contributed by atoms with E-state index in [2.05, 4.69) is 38.4 Å². The summed E-state index contributed by atoms with van der Waals surface area (Å²) in [5, 5.41) is 13.6. The van der Waals surface area contributed by atoms with Gasteiger partial charge in [-0.05, 0) is 43.3 Å². The zero-order valence-electron chi connectivity index (χ0n) is 19.1. The Morgan fingerprint density at radius 3 is 2.66 bits per heavy atom. The fourth-order valence-electron chi connectivity index (χ4n) is 5.29. The first-order chi connectivity index (χ1) is 17.1. The quantitative estimate of drug-likeness (QED) is 0.397. The van der Waals surface area contributed by atoms with Crippen molar-refractivity contribution in [3.63, 3.8) is 0 Å². The normalized spacial score (nSPS) is 22.3. The number of rotatable bonds is 5. The van der Waals surface area contributed by atoms with Crippen LogP contribution in [0.4, 0.5) is 14.5 Å². The zero-order valence-corrected chi connectivity index (χ0v) is 19.1. The third-order valence-corrected chi connectivity index (χ3v) is 7.05. The number of likely N-dealkylation sites (tertiary alicyclic amines) is 1. The summed E-state index contributed by atoms with van der Waals surface area (Å²) >= 11 is 0. The van der Waals surface area contributed by atoms with E-state index in [1.807, 2.05) is 30.5 Å². The van der Waals surface area contributed by atoms with E-state index in [0.29, 0.717) is 11.1 Å². The van der Waals surface area contributed by atoms with Gasteiger partial charge in [-0.15, -0.1) is 4.59 Å². The van der Waals surface area contributed by atoms with E-state index < -0.39 is 11.6 Å². The number of H-pyrrole nitrogens is 1. The van der Waals surface area contributed by atoms with Crippen molar-refractivity contribution in [3.05, 3.63) is 90.4 Å². The van der Waals surface area contributed by atoms with Crippen LogP contribution < -0.4 is 4.59 Å². The van der Waals surface area contributed by atoms with Gasteiger partial charge in [0, 0.05) is 60.1 Å². The maximum absolute atomic E-state index is 14.3. The minimum atomic E-state index is -0.496. The number of quaternary nitrogens is 1. The number of pyridine rings is 1. The highest BCUT2D eigenvalue weighted by molar-refractivity contribution is 5.95. The Balaban J connectivity index is 1.35. The minimum Gasteiger partial charge on any atom is -0.293 e. The van der Waals surface area contributed by atoms with Crippen LogP contribution in [0.1, 0.15) is 18.4 Å². The van der Waals surface area contributed by atoms with E-state index in [1.165, 1.54) is 18.2 Å². The van der Waals surface area contributed by atoms with Gasteiger partial charge >= 0.3 is 0 Å². The van der Waals surface area contributed by atoms with E-state index in [9.17, 15) is 8.78 Å². The summed E-state index contributed by atoms with van der Waals surface area (Å²) in [5.41, 5.74) is 3.97. The van der Waals surface area contributed by atoms with E-state index in [0.717, 1.165) is 47.2 Å². The predicted octanol–water partition coefficient (Wildman–Crippen LogP) is 5.39. The highest BCUT2D eigenvalue weighted by Gasteiger charge is 2.43. The molecule has 0 bridgehead atoms. The number of nitrogens with zero attached hydrogens (tertiary/aromatic N) is 5. The number of piperidine rings is 1. The SMILES string of the molecule is Fc1cccc(F)c1CN1CCCC([N+]2(c3ccc4[nH]nc(-c5ccncc5)c4c3)C=CC=N2)C1. The first-order valence-corrected chi connectivity index (χ1v) is 11.8. The summed E-state index contributed by atoms with van der Waals surface area (Å²) in [6.45, 7) is 1.72. The average molecular weight is 472 g/mol. The van der Waals surface area contributed by atoms with Crippen molar-refractivity contribution < 1.29 is 8.78 Å². The first kappa shape index (κ1) is 21.8. The van der Waals surface area contributed by atoms with Gasteiger partial charge in [0.1, 0.15) is 29.6 Å². The Hall–Kier alpha value is -3.75. The van der Waals surface area contributed by atoms with Gasteiger partial charge in [0.25, 0.3) is 0 Å². The fourth-order valence-corrected chi connectivity index (χ4v) is 5.29. The molecule has 1 saturated heterocycles. The van der Waals surface area contributed by atoms with Crippen LogP contribution in [0.25, 0.3) is 22.2 Å². The third-order valence-electron chi connectivity index (χ3n) is 7.05. The van der Waals surface area contributed by atoms with Crippen LogP contribution in [-0.2, 0) is 6.54 Å². The second-order valence-electron chi connectivity index (χ2n) is 9.11. The van der Waals surface area contributed by atoms with Gasteiger partial charge in [-0.25, -0.2) is 8.78 Å². The summed E-state index contributed by atoms with van der Waals surface area (Å²) in [6, 6.07) is 14.3. The van der Waals surface area contributed by atoms with Gasteiger partial charge in [-0.3, -0.25) is 15.0 Å². The van der Waals surface area contributed by atoms with Crippen molar-refractivity contribution in [2.24, 2.45) is 5.10 Å². The van der Waals surface area contributed by atoms with Crippen molar-refractivity contribution in [1.82, 2.24) is 24.7 Å². The lowest BCUT2D eigenvalue weighted by Gasteiger charge is -2.40. The van der Waals surface area contributed by atoms with Crippen molar-refractivity contribution >= 4 is 22.8 Å². The maximum atomic E-state index is 14.3. The summed E-state index contributed by atoms with van der Waals surface area (Å²) < 4.78 is 29.0. The number of nitrogens with one attached hydrogen (secondary N) is 1. The topological polar surface area (TPSA) is 57.2 Å². The number of hydrogen-bond donors (Lipinski definition) is 1. The zero-order chi connectivity index (χ0) is 23.8. The molecule has 35 heavy (non-hydrogen) atoms. The van der Waals surface area contributed by atoms with E-state index >= 15 is 0 Å². The van der Waals surface area contributed by atoms with Crippen LogP contribution in [-0.4, -0.2) is 45.4 Å². The minimum absolute atomic E-state index is 0.113. The molecule has 0 aliphatic carbocycles. The summed E-state index contributed by atoms with van der Waals surface area (Å²) in [5.74, 6) is -0.992. The number of hydrogen-bond acceptors (Lipinski definition) is 4. The molecular weight excluding hydrogens is 446 g/mol. The predicted molar refractivity (Wildman–Crippen MR) is 133 cm³/mol. The molecule has 1 N–H and O–H groups in total. The molecule has 6 rings (SSSR count). The molecule has 0 amide bonds. The highest BCUT2D eigenvalue weighted by atomic mass is 19.1. The second-order valence-corrected chi connectivity index (χ2v) is 9.11. The number of fused-ring (bicyclic) bond motifs is 1. The molecular formula is C27H25F2N6+. The Kier molecular flexibility index (Phi) is 5.47. The number of allylic oxidation sites excluding steroid dienone is 1. The van der Waals surface area contributed by atoms with Crippen LogP contribution in [0.15, 0.2) is 78.3 Å². The van der Waals surface area contributed by atoms with Crippen LogP contribution in [0.3, 0.4) is 0 Å². The molecule has 4 aromatic rings. The van der Waals surface area contributed by atoms with E-state index in [1.54, 1.807) is 12.4 Å². The monoisotopic (exact) mass is 471 g/mol. The smallest absolute Gasteiger partial charge is 0.165 e. The van der Waals surface area contributed by atoms with Gasteiger partial charge in [0.05, 0.1) is 18.3 Å². The molecule has 0 radical (unpaired) electrons. The largest absolute Gasteiger partial charge is 0.293 e. The summed E-state index contributed by atoms with van der Waals surface area (Å²) in [4.78, 5) is 6.25. The van der Waals surface area contributed by atoms with Crippen molar-refractivity contribution in [3.8, 4) is 11.3 Å². The van der Waals surface area contributed by atoms with Crippen molar-refractivity contribution in [2.75, 3.05) is 13.1 Å². The van der Waals surface area contributed by atoms with Gasteiger partial charge in [-0.1, -0.05) is 11.2 Å². The Bertz CT molecular complexity index is 1400. The Morgan fingerprint density at radius 2 is 1.89 bits per heavy atom. The fraction of sp³-hybridized carbons (Fsp3) is 0.222. The molecule has 2 aromatic carbocycles. The second kappa shape index (κ2) is 8.79. The Morgan fingerprint density at radius 1 is 1.06 bits per heavy atom. The maximum Gasteiger partial charge on any atom is 0.165 e. The standard InChI is InChI=1S/C27H25F2N6/c28-24-5-1-6-25(29)23(24)18-34-14-2-4-21(17-34)35(15-3-11-31-35)20-7-8-26-22(16-20)27(33-32-26)19-9-12-30-13-10-19/h1,3,5-13,15-16,21H,2,4,14,17-18H2,(H,32,33)/q+1. The molecule has 2 unspecified atom stereocenters. The molecule has 2 aliphatic heterocycles. The molecule has 0 spiro atoms. The molecule has 176 valence electrons. The molecule has 6 nitrogen and oxygen atoms in total. The highest BCUT2D eigenvalue weighted by Crippen LogP contribution is 2.38. The number of aromatic nitrogens is 3. The number of aromatic amines is 1. The van der Waals surface area contributed by atoms with Crippen molar-refractivity contribution in [2.45, 2.75) is 25.4 Å². The number of halogens is 2. The summed E-state index contributed by atoms with van der Waals surface area (Å²) in [7, 11) is 0. The van der Waals surface area contributed by atoms with E-state index in [-0.39, 0.29) is 18.2 Å². The van der Waals surface area contributed by atoms with Gasteiger partial charge in [0.2, 0.25) is 0 Å². The van der Waals surface area contributed by atoms with Crippen molar-refractivity contribution in [1.29, 1.82) is 0 Å². The molecule has 8 heteroatoms. The molecule has 2 atom stereocenters. The number of benzene rings is 2. The first-order valence-electron chi connectivity index (χ1n) is 11.8. The molecule has 2 aliphatic rings. The molecule has 1 fully saturated rings. The van der Waals surface area contributed by atoms with Crippen LogP contribution in [0.5, 0.6) is 0 Å².